The maximum atomic E-state index is 10.8. The van der Waals surface area contributed by atoms with Crippen LogP contribution in [0.5, 0.6) is 5.75 Å². The topological polar surface area (TPSA) is 95.9 Å². The molecule has 7 heteroatoms. The highest BCUT2D eigenvalue weighted by molar-refractivity contribution is 5.88. The van der Waals surface area contributed by atoms with Crippen molar-refractivity contribution in [3.63, 3.8) is 0 Å². The van der Waals surface area contributed by atoms with Gasteiger partial charge in [-0.3, -0.25) is 4.79 Å². The Morgan fingerprint density at radius 2 is 2.33 bits per heavy atom. The van der Waals surface area contributed by atoms with Gasteiger partial charge in [-0.2, -0.15) is 4.80 Å². The van der Waals surface area contributed by atoms with Crippen LogP contribution in [0.4, 0.5) is 0 Å². The first kappa shape index (κ1) is 12.0. The Hall–Kier alpha value is -2.44. The first-order chi connectivity index (χ1) is 8.65. The van der Waals surface area contributed by atoms with Gasteiger partial charge in [0.1, 0.15) is 12.4 Å². The molecule has 0 saturated heterocycles. The molecule has 18 heavy (non-hydrogen) atoms. The predicted molar refractivity (Wildman–Crippen MR) is 63.0 cm³/mol. The third-order valence-corrected chi connectivity index (χ3v) is 2.22. The molecule has 1 heterocycles. The summed E-state index contributed by atoms with van der Waals surface area (Å²) in [4.78, 5) is 12.0. The minimum absolute atomic E-state index is 0.0921. The average Bonchev–Trinajstić information content (AvgIpc) is 2.78. The Labute approximate surface area is 104 Å². The molecule has 1 amide bonds. The van der Waals surface area contributed by atoms with Crippen LogP contribution < -0.4 is 10.5 Å². The SMILES string of the molecule is Cc1cccc(OCCn2nnc(C(N)=O)n2)c1. The lowest BCUT2D eigenvalue weighted by atomic mass is 10.2. The van der Waals surface area contributed by atoms with Gasteiger partial charge in [-0.15, -0.1) is 10.2 Å². The maximum Gasteiger partial charge on any atom is 0.290 e. The van der Waals surface area contributed by atoms with Gasteiger partial charge in [0.25, 0.3) is 11.7 Å². The zero-order valence-electron chi connectivity index (χ0n) is 9.91. The Morgan fingerprint density at radius 3 is 3.00 bits per heavy atom. The molecule has 0 aliphatic rings. The highest BCUT2D eigenvalue weighted by Gasteiger charge is 2.07. The second-order valence-corrected chi connectivity index (χ2v) is 3.74. The lowest BCUT2D eigenvalue weighted by Crippen LogP contribution is -2.15. The Balaban J connectivity index is 1.86. The number of carbonyl (C=O) groups is 1. The molecule has 1 aromatic carbocycles. The fourth-order valence-corrected chi connectivity index (χ4v) is 1.39. The molecule has 0 unspecified atom stereocenters. The summed E-state index contributed by atoms with van der Waals surface area (Å²) in [6.07, 6.45) is 0. The van der Waals surface area contributed by atoms with Gasteiger partial charge in [0.05, 0.1) is 6.54 Å². The number of nitrogens with two attached hydrogens (primary N) is 1. The van der Waals surface area contributed by atoms with Crippen LogP contribution >= 0.6 is 0 Å². The quantitative estimate of drug-likeness (QED) is 0.811. The molecule has 0 spiro atoms. The smallest absolute Gasteiger partial charge is 0.290 e. The molecule has 0 fully saturated rings. The summed E-state index contributed by atoms with van der Waals surface area (Å²) in [5.41, 5.74) is 6.14. The molecule has 0 saturated carbocycles. The van der Waals surface area contributed by atoms with Crippen molar-refractivity contribution in [3.8, 4) is 5.75 Å². The van der Waals surface area contributed by atoms with Gasteiger partial charge in [-0.1, -0.05) is 12.1 Å². The Bertz CT molecular complexity index is 552. The summed E-state index contributed by atoms with van der Waals surface area (Å²) in [5, 5.41) is 11.0. The van der Waals surface area contributed by atoms with Gasteiger partial charge in [0.2, 0.25) is 0 Å². The van der Waals surface area contributed by atoms with E-state index in [-0.39, 0.29) is 5.82 Å². The first-order valence-electron chi connectivity index (χ1n) is 5.42. The minimum atomic E-state index is -0.694. The van der Waals surface area contributed by atoms with Crippen LogP contribution in [-0.4, -0.2) is 32.7 Å². The van der Waals surface area contributed by atoms with Crippen LogP contribution in [0.25, 0.3) is 0 Å². The largest absolute Gasteiger partial charge is 0.492 e. The van der Waals surface area contributed by atoms with E-state index in [1.807, 2.05) is 31.2 Å². The molecular weight excluding hydrogens is 234 g/mol. The van der Waals surface area contributed by atoms with E-state index in [4.69, 9.17) is 10.5 Å². The number of primary amides is 1. The van der Waals surface area contributed by atoms with E-state index in [1.54, 1.807) is 0 Å². The number of aryl methyl sites for hydroxylation is 1. The van der Waals surface area contributed by atoms with E-state index in [2.05, 4.69) is 15.4 Å². The summed E-state index contributed by atoms with van der Waals surface area (Å²) in [5.74, 6) is -0.00310. The van der Waals surface area contributed by atoms with E-state index in [9.17, 15) is 4.79 Å². The molecule has 2 aromatic rings. The number of benzene rings is 1. The molecule has 2 rings (SSSR count). The highest BCUT2D eigenvalue weighted by atomic mass is 16.5. The van der Waals surface area contributed by atoms with Crippen molar-refractivity contribution in [1.82, 2.24) is 20.2 Å². The van der Waals surface area contributed by atoms with Crippen LogP contribution in [0.1, 0.15) is 16.2 Å². The number of hydrogen-bond donors (Lipinski definition) is 1. The van der Waals surface area contributed by atoms with Crippen molar-refractivity contribution in [2.75, 3.05) is 6.61 Å². The fourth-order valence-electron chi connectivity index (χ4n) is 1.39. The Kier molecular flexibility index (Phi) is 3.52. The third-order valence-electron chi connectivity index (χ3n) is 2.22. The second-order valence-electron chi connectivity index (χ2n) is 3.74. The van der Waals surface area contributed by atoms with E-state index in [0.717, 1.165) is 11.3 Å². The molecule has 94 valence electrons. The zero-order valence-corrected chi connectivity index (χ0v) is 9.91. The zero-order chi connectivity index (χ0) is 13.0. The predicted octanol–water partition coefficient (Wildman–Crippen LogP) is 0.159. The van der Waals surface area contributed by atoms with Crippen molar-refractivity contribution >= 4 is 5.91 Å². The summed E-state index contributed by atoms with van der Waals surface area (Å²) >= 11 is 0. The number of ether oxygens (including phenoxy) is 1. The lowest BCUT2D eigenvalue weighted by Gasteiger charge is -2.05. The van der Waals surface area contributed by atoms with Gasteiger partial charge in [0.15, 0.2) is 0 Å². The number of tetrazole rings is 1. The molecule has 7 nitrogen and oxygen atoms in total. The van der Waals surface area contributed by atoms with E-state index >= 15 is 0 Å². The first-order valence-corrected chi connectivity index (χ1v) is 5.42. The summed E-state index contributed by atoms with van der Waals surface area (Å²) in [6, 6.07) is 7.72. The number of aromatic nitrogens is 4. The number of amides is 1. The van der Waals surface area contributed by atoms with Crippen molar-refractivity contribution in [2.45, 2.75) is 13.5 Å². The van der Waals surface area contributed by atoms with Crippen LogP contribution in [0.2, 0.25) is 0 Å². The molecule has 0 bridgehead atoms. The van der Waals surface area contributed by atoms with Gasteiger partial charge in [-0.25, -0.2) is 0 Å². The van der Waals surface area contributed by atoms with Crippen LogP contribution in [0.3, 0.4) is 0 Å². The number of nitrogens with zero attached hydrogens (tertiary/aromatic N) is 4. The van der Waals surface area contributed by atoms with E-state index < -0.39 is 5.91 Å². The van der Waals surface area contributed by atoms with E-state index in [1.165, 1.54) is 4.80 Å². The third kappa shape index (κ3) is 3.03. The van der Waals surface area contributed by atoms with Crippen molar-refractivity contribution in [1.29, 1.82) is 0 Å². The maximum absolute atomic E-state index is 10.8. The molecule has 0 radical (unpaired) electrons. The van der Waals surface area contributed by atoms with E-state index in [0.29, 0.717) is 13.2 Å². The standard InChI is InChI=1S/C11H13N5O2/c1-8-3-2-4-9(7-8)18-6-5-16-14-11(10(12)17)13-15-16/h2-4,7H,5-6H2,1H3,(H2,12,17). The molecule has 2 N–H and O–H groups in total. The molecule has 0 atom stereocenters. The summed E-state index contributed by atoms with van der Waals surface area (Å²) < 4.78 is 5.52. The van der Waals surface area contributed by atoms with Gasteiger partial charge in [0, 0.05) is 0 Å². The number of carbonyl (C=O) groups excluding carboxylic acids is 1. The summed E-state index contributed by atoms with van der Waals surface area (Å²) in [6.45, 7) is 2.78. The van der Waals surface area contributed by atoms with Crippen molar-refractivity contribution in [3.05, 3.63) is 35.7 Å². The van der Waals surface area contributed by atoms with Gasteiger partial charge in [-0.05, 0) is 29.8 Å². The van der Waals surface area contributed by atoms with Gasteiger partial charge < -0.3 is 10.5 Å². The molecule has 0 aliphatic carbocycles. The monoisotopic (exact) mass is 247 g/mol. The number of rotatable bonds is 5. The van der Waals surface area contributed by atoms with Gasteiger partial charge >= 0.3 is 0 Å². The van der Waals surface area contributed by atoms with Crippen molar-refractivity contribution in [2.24, 2.45) is 5.73 Å². The average molecular weight is 247 g/mol. The molecular formula is C11H13N5O2. The fraction of sp³-hybridized carbons (Fsp3) is 0.273. The van der Waals surface area contributed by atoms with Crippen LogP contribution in [0.15, 0.2) is 24.3 Å². The Morgan fingerprint density at radius 1 is 1.50 bits per heavy atom. The van der Waals surface area contributed by atoms with Crippen LogP contribution in [-0.2, 0) is 6.54 Å². The summed E-state index contributed by atoms with van der Waals surface area (Å²) in [7, 11) is 0. The highest BCUT2D eigenvalue weighted by Crippen LogP contribution is 2.11. The lowest BCUT2D eigenvalue weighted by molar-refractivity contribution is 0.0990. The molecule has 1 aromatic heterocycles. The molecule has 0 aliphatic heterocycles. The van der Waals surface area contributed by atoms with Crippen LogP contribution in [0, 0.1) is 6.92 Å². The number of hydrogen-bond acceptors (Lipinski definition) is 5. The normalized spacial score (nSPS) is 10.3. The van der Waals surface area contributed by atoms with Crippen molar-refractivity contribution < 1.29 is 9.53 Å². The second kappa shape index (κ2) is 5.26. The minimum Gasteiger partial charge on any atom is -0.492 e.